The van der Waals surface area contributed by atoms with E-state index in [1.807, 2.05) is 66.7 Å². The smallest absolute Gasteiger partial charge is 0.415 e. The number of likely N-dealkylation sites (tertiary alicyclic amines) is 1. The molecule has 4 aromatic rings. The molecule has 6 heteroatoms. The van der Waals surface area contributed by atoms with Gasteiger partial charge in [-0.3, -0.25) is 9.69 Å². The number of amides is 2. The van der Waals surface area contributed by atoms with E-state index in [9.17, 15) is 9.59 Å². The summed E-state index contributed by atoms with van der Waals surface area (Å²) in [5, 5.41) is 3.01. The average Bonchev–Trinajstić information content (AvgIpc) is 3.66. The van der Waals surface area contributed by atoms with Gasteiger partial charge in [0.05, 0.1) is 11.4 Å². The monoisotopic (exact) mass is 571 g/mol. The topological polar surface area (TPSA) is 61.9 Å². The zero-order chi connectivity index (χ0) is 29.3. The first-order chi connectivity index (χ1) is 21.0. The van der Waals surface area contributed by atoms with Gasteiger partial charge in [0, 0.05) is 36.8 Å². The number of fused-ring (bicyclic) bond motifs is 3. The number of carbonyl (C=O) groups is 2. The third-order valence-electron chi connectivity index (χ3n) is 9.11. The summed E-state index contributed by atoms with van der Waals surface area (Å²) >= 11 is 0. The first-order valence-corrected chi connectivity index (χ1v) is 15.4. The molecule has 0 aromatic heterocycles. The van der Waals surface area contributed by atoms with Crippen molar-refractivity contribution < 1.29 is 14.3 Å². The molecular formula is C37H37N3O3. The second-order valence-electron chi connectivity index (χ2n) is 12.2. The highest BCUT2D eigenvalue weighted by Gasteiger charge is 2.33. The molecule has 0 spiro atoms. The maximum Gasteiger partial charge on any atom is 0.415 e. The molecule has 3 aliphatic rings. The molecule has 6 nitrogen and oxygen atoms in total. The number of nitrogens with zero attached hydrogens (tertiary/aromatic N) is 2. The Kier molecular flexibility index (Phi) is 7.45. The van der Waals surface area contributed by atoms with E-state index >= 15 is 0 Å². The number of carbonyl (C=O) groups excluding carboxylic acids is 2. The van der Waals surface area contributed by atoms with Crippen LogP contribution in [-0.4, -0.2) is 43.6 Å². The highest BCUT2D eigenvalue weighted by molar-refractivity contribution is 6.07. The molecule has 2 amide bonds. The zero-order valence-corrected chi connectivity index (χ0v) is 24.5. The fourth-order valence-electron chi connectivity index (χ4n) is 6.62. The molecule has 0 bridgehead atoms. The van der Waals surface area contributed by atoms with Crippen LogP contribution >= 0.6 is 0 Å². The Morgan fingerprint density at radius 1 is 0.814 bits per heavy atom. The molecule has 0 radical (unpaired) electrons. The lowest BCUT2D eigenvalue weighted by Gasteiger charge is -2.23. The number of hydrogen-bond donors (Lipinski definition) is 1. The number of ether oxygens (including phenoxy) is 1. The predicted octanol–water partition coefficient (Wildman–Crippen LogP) is 7.56. The lowest BCUT2D eigenvalue weighted by molar-refractivity contribution is 0.102. The normalized spacial score (nSPS) is 17.7. The van der Waals surface area contributed by atoms with Crippen molar-refractivity contribution in [2.45, 2.75) is 31.8 Å². The SMILES string of the molecule is CN(C(=O)OC1c2ccccc2-c2ccccc21)c1ccccc1NC(=O)c1ccc(CC2CCN(CC3CC3)C2)cc1. The van der Waals surface area contributed by atoms with E-state index < -0.39 is 12.2 Å². The van der Waals surface area contributed by atoms with Crippen LogP contribution in [0.25, 0.3) is 11.1 Å². The lowest BCUT2D eigenvalue weighted by atomic mass is 9.98. The molecule has 1 atom stereocenters. The number of hydrogen-bond acceptors (Lipinski definition) is 4. The van der Waals surface area contributed by atoms with Crippen molar-refractivity contribution in [1.82, 2.24) is 4.90 Å². The number of benzene rings is 4. The van der Waals surface area contributed by atoms with Crippen LogP contribution in [0.15, 0.2) is 97.1 Å². The fraction of sp³-hybridized carbons (Fsp3) is 0.297. The predicted molar refractivity (Wildman–Crippen MR) is 170 cm³/mol. The molecule has 1 heterocycles. The van der Waals surface area contributed by atoms with Crippen LogP contribution in [0.3, 0.4) is 0 Å². The van der Waals surface area contributed by atoms with Gasteiger partial charge in [-0.05, 0) is 85.0 Å². The Bertz CT molecular complexity index is 1600. The summed E-state index contributed by atoms with van der Waals surface area (Å²) in [5.74, 6) is 1.41. The molecule has 1 saturated heterocycles. The summed E-state index contributed by atoms with van der Waals surface area (Å²) < 4.78 is 6.09. The Morgan fingerprint density at radius 3 is 2.16 bits per heavy atom. The second-order valence-corrected chi connectivity index (χ2v) is 12.2. The number of nitrogens with one attached hydrogen (secondary N) is 1. The van der Waals surface area contributed by atoms with Crippen LogP contribution < -0.4 is 10.2 Å². The average molecular weight is 572 g/mol. The summed E-state index contributed by atoms with van der Waals surface area (Å²) in [7, 11) is 1.67. The van der Waals surface area contributed by atoms with Crippen LogP contribution in [0.2, 0.25) is 0 Å². The van der Waals surface area contributed by atoms with E-state index in [0.717, 1.165) is 34.6 Å². The van der Waals surface area contributed by atoms with Gasteiger partial charge in [-0.25, -0.2) is 4.79 Å². The maximum absolute atomic E-state index is 13.5. The molecule has 1 unspecified atom stereocenters. The van der Waals surface area contributed by atoms with Crippen molar-refractivity contribution in [1.29, 1.82) is 0 Å². The summed E-state index contributed by atoms with van der Waals surface area (Å²) in [5.41, 5.74) is 7.07. The summed E-state index contributed by atoms with van der Waals surface area (Å²) in [6.45, 7) is 3.67. The summed E-state index contributed by atoms with van der Waals surface area (Å²) in [6.07, 6.45) is 4.12. The Hall–Kier alpha value is -4.42. The van der Waals surface area contributed by atoms with E-state index in [1.165, 1.54) is 49.4 Å². The van der Waals surface area contributed by atoms with Crippen LogP contribution in [0.1, 0.15) is 52.4 Å². The quantitative estimate of drug-likeness (QED) is 0.237. The number of para-hydroxylation sites is 2. The molecule has 43 heavy (non-hydrogen) atoms. The van der Waals surface area contributed by atoms with E-state index in [-0.39, 0.29) is 5.91 Å². The molecule has 2 aliphatic carbocycles. The van der Waals surface area contributed by atoms with E-state index in [2.05, 4.69) is 34.5 Å². The summed E-state index contributed by atoms with van der Waals surface area (Å²) in [4.78, 5) is 30.8. The zero-order valence-electron chi connectivity index (χ0n) is 24.5. The van der Waals surface area contributed by atoms with Crippen molar-refractivity contribution in [3.63, 3.8) is 0 Å². The standard InChI is InChI=1S/C37H37N3O3/c1-39(37(42)43-35-31-10-4-2-8-29(31)30-9-3-5-11-32(30)35)34-13-7-6-12-33(34)38-36(41)28-18-16-25(17-19-28)22-27-20-21-40(24-27)23-26-14-15-26/h2-13,16-19,26-27,35H,14-15,20-24H2,1H3,(H,38,41). The Labute approximate surface area is 253 Å². The molecule has 1 N–H and O–H groups in total. The van der Waals surface area contributed by atoms with Crippen LogP contribution in [0.4, 0.5) is 16.2 Å². The second kappa shape index (κ2) is 11.7. The molecule has 7 rings (SSSR count). The fourth-order valence-corrected chi connectivity index (χ4v) is 6.62. The highest BCUT2D eigenvalue weighted by atomic mass is 16.6. The van der Waals surface area contributed by atoms with Crippen molar-refractivity contribution in [3.8, 4) is 11.1 Å². The van der Waals surface area contributed by atoms with Gasteiger partial charge in [0.15, 0.2) is 6.10 Å². The van der Waals surface area contributed by atoms with Crippen molar-refractivity contribution in [2.24, 2.45) is 11.8 Å². The highest BCUT2D eigenvalue weighted by Crippen LogP contribution is 2.45. The molecule has 2 fully saturated rings. The third-order valence-corrected chi connectivity index (χ3v) is 9.11. The van der Waals surface area contributed by atoms with Crippen molar-refractivity contribution in [2.75, 3.05) is 36.9 Å². The first-order valence-electron chi connectivity index (χ1n) is 15.4. The van der Waals surface area contributed by atoms with Gasteiger partial charge in [0.25, 0.3) is 5.91 Å². The molecule has 218 valence electrons. The Balaban J connectivity index is 1.01. The maximum atomic E-state index is 13.5. The van der Waals surface area contributed by atoms with Crippen LogP contribution in [-0.2, 0) is 11.2 Å². The summed E-state index contributed by atoms with van der Waals surface area (Å²) in [6, 6.07) is 31.3. The van der Waals surface area contributed by atoms with E-state index in [4.69, 9.17) is 4.74 Å². The van der Waals surface area contributed by atoms with Gasteiger partial charge >= 0.3 is 6.09 Å². The van der Waals surface area contributed by atoms with E-state index in [0.29, 0.717) is 22.9 Å². The lowest BCUT2D eigenvalue weighted by Crippen LogP contribution is -2.29. The Morgan fingerprint density at radius 2 is 1.47 bits per heavy atom. The largest absolute Gasteiger partial charge is 0.436 e. The molecule has 1 aliphatic heterocycles. The van der Waals surface area contributed by atoms with Gasteiger partial charge in [-0.2, -0.15) is 0 Å². The van der Waals surface area contributed by atoms with Crippen LogP contribution in [0, 0.1) is 11.8 Å². The minimum absolute atomic E-state index is 0.212. The van der Waals surface area contributed by atoms with Crippen molar-refractivity contribution >= 4 is 23.4 Å². The van der Waals surface area contributed by atoms with Gasteiger partial charge in [-0.1, -0.05) is 72.8 Å². The van der Waals surface area contributed by atoms with Gasteiger partial charge in [-0.15, -0.1) is 0 Å². The van der Waals surface area contributed by atoms with Crippen LogP contribution in [0.5, 0.6) is 0 Å². The minimum Gasteiger partial charge on any atom is -0.436 e. The van der Waals surface area contributed by atoms with Gasteiger partial charge in [0.1, 0.15) is 0 Å². The number of rotatable bonds is 8. The van der Waals surface area contributed by atoms with Gasteiger partial charge < -0.3 is 15.0 Å². The molecular weight excluding hydrogens is 534 g/mol. The first kappa shape index (κ1) is 27.4. The minimum atomic E-state index is -0.495. The van der Waals surface area contributed by atoms with Gasteiger partial charge in [0.2, 0.25) is 0 Å². The molecule has 1 saturated carbocycles. The number of anilines is 2. The third kappa shape index (κ3) is 5.80. The van der Waals surface area contributed by atoms with Crippen molar-refractivity contribution in [3.05, 3.63) is 119 Å². The molecule has 4 aromatic carbocycles. The van der Waals surface area contributed by atoms with E-state index in [1.54, 1.807) is 13.1 Å².